The summed E-state index contributed by atoms with van der Waals surface area (Å²) in [5.74, 6) is -0.786. The summed E-state index contributed by atoms with van der Waals surface area (Å²) in [7, 11) is 1.65. The lowest BCUT2D eigenvalue weighted by Gasteiger charge is -2.17. The molecule has 0 fully saturated rings. The number of ketones is 1. The molecule has 1 atom stereocenters. The van der Waals surface area contributed by atoms with Gasteiger partial charge in [0.25, 0.3) is 0 Å². The second-order valence-corrected chi connectivity index (χ2v) is 6.85. The molecule has 3 rings (SSSR count). The molecule has 2 heterocycles. The zero-order chi connectivity index (χ0) is 21.0. The van der Waals surface area contributed by atoms with Crippen LogP contribution in [0.25, 0.3) is 5.69 Å². The first-order valence-corrected chi connectivity index (χ1v) is 9.25. The van der Waals surface area contributed by atoms with Gasteiger partial charge in [0.1, 0.15) is 12.7 Å². The third-order valence-corrected chi connectivity index (χ3v) is 4.75. The SMILES string of the molecule is COC[C@H](C)n1c(C)cc(C(=O)COC(=O)c2ccc(-n3cncn3)cc2)c1C. The number of carbonyl (C=O) groups excluding carboxylic acids is 2. The number of hydrogen-bond donors (Lipinski definition) is 0. The maximum Gasteiger partial charge on any atom is 0.338 e. The molecule has 0 spiro atoms. The number of nitrogens with zero attached hydrogens (tertiary/aromatic N) is 4. The van der Waals surface area contributed by atoms with Gasteiger partial charge in [-0.3, -0.25) is 4.79 Å². The zero-order valence-electron chi connectivity index (χ0n) is 17.0. The fourth-order valence-corrected chi connectivity index (χ4v) is 3.44. The molecule has 0 bridgehead atoms. The Labute approximate surface area is 169 Å². The van der Waals surface area contributed by atoms with Crippen molar-refractivity contribution < 1.29 is 19.1 Å². The topological polar surface area (TPSA) is 88.2 Å². The number of esters is 1. The van der Waals surface area contributed by atoms with Gasteiger partial charge in [0.15, 0.2) is 6.61 Å². The number of ether oxygens (including phenoxy) is 2. The van der Waals surface area contributed by atoms with Crippen molar-refractivity contribution in [2.24, 2.45) is 0 Å². The molecular formula is C21H24N4O4. The smallest absolute Gasteiger partial charge is 0.338 e. The van der Waals surface area contributed by atoms with Crippen LogP contribution in [0.15, 0.2) is 43.0 Å². The molecule has 0 saturated heterocycles. The van der Waals surface area contributed by atoms with E-state index in [0.29, 0.717) is 17.7 Å². The monoisotopic (exact) mass is 396 g/mol. The van der Waals surface area contributed by atoms with Crippen molar-refractivity contribution in [2.75, 3.05) is 20.3 Å². The number of benzene rings is 1. The lowest BCUT2D eigenvalue weighted by atomic mass is 10.1. The van der Waals surface area contributed by atoms with Crippen LogP contribution in [0.2, 0.25) is 0 Å². The molecule has 8 nitrogen and oxygen atoms in total. The van der Waals surface area contributed by atoms with Crippen LogP contribution in [0.3, 0.4) is 0 Å². The van der Waals surface area contributed by atoms with E-state index < -0.39 is 5.97 Å². The van der Waals surface area contributed by atoms with Gasteiger partial charge < -0.3 is 14.0 Å². The molecular weight excluding hydrogens is 372 g/mol. The average Bonchev–Trinajstić information content (AvgIpc) is 3.34. The highest BCUT2D eigenvalue weighted by molar-refractivity contribution is 6.00. The van der Waals surface area contributed by atoms with E-state index in [2.05, 4.69) is 14.6 Å². The third kappa shape index (κ3) is 4.43. The minimum atomic E-state index is -0.551. The Bertz CT molecular complexity index is 991. The van der Waals surface area contributed by atoms with Gasteiger partial charge in [0.05, 0.1) is 23.9 Å². The van der Waals surface area contributed by atoms with E-state index in [0.717, 1.165) is 17.1 Å². The Hall–Kier alpha value is -3.26. The summed E-state index contributed by atoms with van der Waals surface area (Å²) >= 11 is 0. The van der Waals surface area contributed by atoms with E-state index in [9.17, 15) is 9.59 Å². The first-order chi connectivity index (χ1) is 13.9. The molecule has 29 heavy (non-hydrogen) atoms. The van der Waals surface area contributed by atoms with Crippen molar-refractivity contribution in [3.8, 4) is 5.69 Å². The summed E-state index contributed by atoms with van der Waals surface area (Å²) in [4.78, 5) is 28.8. The second-order valence-electron chi connectivity index (χ2n) is 6.85. The van der Waals surface area contributed by atoms with Crippen molar-refractivity contribution in [3.05, 3.63) is 65.5 Å². The summed E-state index contributed by atoms with van der Waals surface area (Å²) < 4.78 is 14.1. The molecule has 0 aliphatic heterocycles. The maximum atomic E-state index is 12.6. The molecule has 2 aromatic heterocycles. The van der Waals surface area contributed by atoms with Crippen LogP contribution >= 0.6 is 0 Å². The average molecular weight is 396 g/mol. The van der Waals surface area contributed by atoms with Gasteiger partial charge in [0, 0.05) is 24.1 Å². The number of methoxy groups -OCH3 is 1. The van der Waals surface area contributed by atoms with Gasteiger partial charge in [-0.15, -0.1) is 0 Å². The van der Waals surface area contributed by atoms with Crippen molar-refractivity contribution in [3.63, 3.8) is 0 Å². The largest absolute Gasteiger partial charge is 0.454 e. The second kappa shape index (κ2) is 8.83. The lowest BCUT2D eigenvalue weighted by molar-refractivity contribution is 0.0474. The molecule has 0 aliphatic carbocycles. The highest BCUT2D eigenvalue weighted by Crippen LogP contribution is 2.21. The van der Waals surface area contributed by atoms with Gasteiger partial charge in [-0.1, -0.05) is 0 Å². The van der Waals surface area contributed by atoms with Gasteiger partial charge >= 0.3 is 5.97 Å². The zero-order valence-corrected chi connectivity index (χ0v) is 17.0. The summed E-state index contributed by atoms with van der Waals surface area (Å²) in [5.41, 5.74) is 3.49. The predicted octanol–water partition coefficient (Wildman–Crippen LogP) is 2.93. The van der Waals surface area contributed by atoms with Crippen molar-refractivity contribution in [2.45, 2.75) is 26.8 Å². The maximum absolute atomic E-state index is 12.6. The van der Waals surface area contributed by atoms with Gasteiger partial charge in [-0.25, -0.2) is 14.5 Å². The van der Waals surface area contributed by atoms with E-state index in [1.54, 1.807) is 42.4 Å². The highest BCUT2D eigenvalue weighted by atomic mass is 16.5. The Kier molecular flexibility index (Phi) is 6.23. The van der Waals surface area contributed by atoms with Crippen LogP contribution in [0.1, 0.15) is 45.1 Å². The Balaban J connectivity index is 1.65. The molecule has 0 saturated carbocycles. The van der Waals surface area contributed by atoms with Crippen LogP contribution < -0.4 is 0 Å². The number of Topliss-reactive ketones (excluding diaryl/α,β-unsaturated/α-hetero) is 1. The molecule has 8 heteroatoms. The molecule has 0 radical (unpaired) electrons. The molecule has 0 aliphatic rings. The Morgan fingerprint density at radius 2 is 1.90 bits per heavy atom. The van der Waals surface area contributed by atoms with E-state index >= 15 is 0 Å². The third-order valence-electron chi connectivity index (χ3n) is 4.75. The molecule has 0 N–H and O–H groups in total. The van der Waals surface area contributed by atoms with Gasteiger partial charge in [0.2, 0.25) is 5.78 Å². The molecule has 1 aromatic carbocycles. The van der Waals surface area contributed by atoms with Crippen LogP contribution in [-0.4, -0.2) is 51.4 Å². The van der Waals surface area contributed by atoms with Crippen LogP contribution in [0, 0.1) is 13.8 Å². The summed E-state index contributed by atoms with van der Waals surface area (Å²) in [6.07, 6.45) is 3.00. The highest BCUT2D eigenvalue weighted by Gasteiger charge is 2.20. The fourth-order valence-electron chi connectivity index (χ4n) is 3.44. The van der Waals surface area contributed by atoms with Gasteiger partial charge in [-0.2, -0.15) is 5.10 Å². The van der Waals surface area contributed by atoms with Crippen molar-refractivity contribution in [1.82, 2.24) is 19.3 Å². The van der Waals surface area contributed by atoms with E-state index in [1.165, 1.54) is 6.33 Å². The summed E-state index contributed by atoms with van der Waals surface area (Å²) in [6.45, 7) is 6.09. The number of aryl methyl sites for hydroxylation is 1. The van der Waals surface area contributed by atoms with E-state index in [1.807, 2.05) is 26.8 Å². The first-order valence-electron chi connectivity index (χ1n) is 9.25. The quantitative estimate of drug-likeness (QED) is 0.430. The lowest BCUT2D eigenvalue weighted by Crippen LogP contribution is -2.17. The minimum absolute atomic E-state index is 0.104. The van der Waals surface area contributed by atoms with Gasteiger partial charge in [-0.05, 0) is 51.1 Å². The number of rotatable bonds is 8. The number of hydrogen-bond acceptors (Lipinski definition) is 6. The molecule has 152 valence electrons. The van der Waals surface area contributed by atoms with Crippen molar-refractivity contribution in [1.29, 1.82) is 0 Å². The van der Waals surface area contributed by atoms with E-state index in [-0.39, 0.29) is 18.4 Å². The Morgan fingerprint density at radius 3 is 2.52 bits per heavy atom. The predicted molar refractivity (Wildman–Crippen MR) is 106 cm³/mol. The summed E-state index contributed by atoms with van der Waals surface area (Å²) in [6, 6.07) is 8.65. The summed E-state index contributed by atoms with van der Waals surface area (Å²) in [5, 5.41) is 4.03. The standard InChI is InChI=1S/C21H24N4O4/c1-14-9-19(16(3)25(14)15(2)10-28-4)20(26)11-29-21(27)17-5-7-18(8-6-17)24-13-22-12-23-24/h5-9,12-13,15H,10-11H2,1-4H3/t15-/m0/s1. The normalized spacial score (nSPS) is 12.0. The van der Waals surface area contributed by atoms with Crippen LogP contribution in [-0.2, 0) is 9.47 Å². The van der Waals surface area contributed by atoms with E-state index in [4.69, 9.17) is 9.47 Å². The minimum Gasteiger partial charge on any atom is -0.454 e. The molecule has 0 unspecified atom stereocenters. The van der Waals surface area contributed by atoms with Crippen LogP contribution in [0.5, 0.6) is 0 Å². The Morgan fingerprint density at radius 1 is 1.17 bits per heavy atom. The number of aromatic nitrogens is 4. The first kappa shape index (κ1) is 20.5. The van der Waals surface area contributed by atoms with Crippen LogP contribution in [0.4, 0.5) is 0 Å². The molecule has 3 aromatic rings. The van der Waals surface area contributed by atoms with Crippen molar-refractivity contribution >= 4 is 11.8 Å². The molecule has 0 amide bonds. The number of carbonyl (C=O) groups is 2. The fraction of sp³-hybridized carbons (Fsp3) is 0.333.